The predicted molar refractivity (Wildman–Crippen MR) is 142 cm³/mol. The Balaban J connectivity index is 0.000000212. The molecule has 1 aliphatic heterocycles. The smallest absolute Gasteiger partial charge is 0.227 e. The summed E-state index contributed by atoms with van der Waals surface area (Å²) in [4.78, 5) is 33.9. The summed E-state index contributed by atoms with van der Waals surface area (Å²) in [6.07, 6.45) is 4.40. The zero-order valence-corrected chi connectivity index (χ0v) is 21.6. The van der Waals surface area contributed by atoms with E-state index in [9.17, 15) is 14.0 Å². The molecule has 0 saturated carbocycles. The Morgan fingerprint density at radius 3 is 2.44 bits per heavy atom. The van der Waals surface area contributed by atoms with Gasteiger partial charge in [0, 0.05) is 26.2 Å². The average molecular weight is 510 g/mol. The summed E-state index contributed by atoms with van der Waals surface area (Å²) in [5, 5.41) is 12.2. The minimum absolute atomic E-state index is 0.122. The van der Waals surface area contributed by atoms with Crippen LogP contribution in [-0.4, -0.2) is 70.9 Å². The maximum atomic E-state index is 12.9. The minimum atomic E-state index is -0.332. The van der Waals surface area contributed by atoms with E-state index in [-0.39, 0.29) is 23.4 Å². The molecule has 0 atom stereocenters. The molecule has 0 spiro atoms. The monoisotopic (exact) mass is 509 g/mol. The van der Waals surface area contributed by atoms with Crippen LogP contribution in [0.4, 0.5) is 4.39 Å². The molecule has 7 nitrogen and oxygen atoms in total. The molecule has 9 heteroatoms. The summed E-state index contributed by atoms with van der Waals surface area (Å²) < 4.78 is 12.9. The zero-order chi connectivity index (χ0) is 26.1. The Bertz CT molecular complexity index is 1180. The van der Waals surface area contributed by atoms with Gasteiger partial charge in [-0.15, -0.1) is 0 Å². The van der Waals surface area contributed by atoms with Gasteiger partial charge in [0.05, 0.1) is 24.0 Å². The molecule has 36 heavy (non-hydrogen) atoms. The number of nitrogens with one attached hydrogen (secondary N) is 2. The van der Waals surface area contributed by atoms with Crippen molar-refractivity contribution in [3.05, 3.63) is 81.8 Å². The van der Waals surface area contributed by atoms with Gasteiger partial charge in [-0.1, -0.05) is 13.8 Å². The third kappa shape index (κ3) is 7.79. The number of halogens is 1. The normalized spacial score (nSPS) is 14.4. The van der Waals surface area contributed by atoms with Gasteiger partial charge >= 0.3 is 0 Å². The second-order valence-corrected chi connectivity index (χ2v) is 9.75. The molecule has 190 valence electrons. The summed E-state index contributed by atoms with van der Waals surface area (Å²) in [5.41, 5.74) is 3.24. The lowest BCUT2D eigenvalue weighted by Gasteiger charge is -2.32. The van der Waals surface area contributed by atoms with Gasteiger partial charge in [0.15, 0.2) is 6.29 Å². The first kappa shape index (κ1) is 27.2. The van der Waals surface area contributed by atoms with Gasteiger partial charge in [0.2, 0.25) is 5.91 Å². The van der Waals surface area contributed by atoms with Crippen molar-refractivity contribution in [3.63, 3.8) is 0 Å². The lowest BCUT2D eigenvalue weighted by atomic mass is 9.98. The van der Waals surface area contributed by atoms with Crippen LogP contribution in [0.25, 0.3) is 5.57 Å². The molecule has 0 radical (unpaired) electrons. The van der Waals surface area contributed by atoms with Crippen molar-refractivity contribution in [1.29, 1.82) is 5.41 Å². The topological polar surface area (TPSA) is 93.1 Å². The number of H-pyrrole nitrogens is 1. The predicted octanol–water partition coefficient (Wildman–Crippen LogP) is 4.53. The van der Waals surface area contributed by atoms with Crippen LogP contribution in [0.15, 0.2) is 53.4 Å². The Kier molecular flexibility index (Phi) is 9.84. The van der Waals surface area contributed by atoms with Crippen LogP contribution < -0.4 is 0 Å². The molecular weight excluding hydrogens is 477 g/mol. The fraction of sp³-hybridized carbons (Fsp3) is 0.333. The number of nitrogens with zero attached hydrogens (tertiary/aromatic N) is 3. The molecule has 1 amide bonds. The standard InChI is InChI=1S/C16H16FN3O.C11H16N2OS/c1-10(2)14(16-19-8-13(9-21)20-16)7-15(18)11-3-5-12(17)6-4-11;1-12-3-5-13(6-4-12)11(14)8-10-2-7-15-9-10/h3-10,18H,1-2H3,(H,19,20);2,7,9H,3-6,8H2,1H3/b14-7-,18-15?;. The highest BCUT2D eigenvalue weighted by Crippen LogP contribution is 2.21. The molecule has 1 fully saturated rings. The van der Waals surface area contributed by atoms with Crippen LogP contribution in [-0.2, 0) is 11.2 Å². The zero-order valence-electron chi connectivity index (χ0n) is 20.8. The number of amides is 1. The van der Waals surface area contributed by atoms with Crippen LogP contribution in [0, 0.1) is 17.1 Å². The van der Waals surface area contributed by atoms with Crippen LogP contribution in [0.5, 0.6) is 0 Å². The van der Waals surface area contributed by atoms with Gasteiger partial charge in [0.25, 0.3) is 0 Å². The van der Waals surface area contributed by atoms with Gasteiger partial charge in [-0.3, -0.25) is 9.59 Å². The molecule has 0 bridgehead atoms. The summed E-state index contributed by atoms with van der Waals surface area (Å²) in [6, 6.07) is 7.79. The van der Waals surface area contributed by atoms with Crippen molar-refractivity contribution in [1.82, 2.24) is 19.8 Å². The largest absolute Gasteiger partial charge is 0.340 e. The van der Waals surface area contributed by atoms with E-state index in [1.165, 1.54) is 18.3 Å². The van der Waals surface area contributed by atoms with Gasteiger partial charge in [-0.2, -0.15) is 11.3 Å². The second kappa shape index (κ2) is 13.0. The van der Waals surface area contributed by atoms with Crippen molar-refractivity contribution in [2.24, 2.45) is 5.92 Å². The number of carbonyl (C=O) groups excluding carboxylic acids is 2. The number of thiophene rings is 1. The van der Waals surface area contributed by atoms with Crippen molar-refractivity contribution in [3.8, 4) is 0 Å². The van der Waals surface area contributed by atoms with E-state index in [1.807, 2.05) is 35.6 Å². The van der Waals surface area contributed by atoms with E-state index < -0.39 is 0 Å². The number of imidazole rings is 1. The Morgan fingerprint density at radius 1 is 1.19 bits per heavy atom. The number of hydrogen-bond acceptors (Lipinski definition) is 6. The molecule has 2 N–H and O–H groups in total. The first-order chi connectivity index (χ1) is 17.3. The average Bonchev–Trinajstić information content (AvgIpc) is 3.55. The highest BCUT2D eigenvalue weighted by molar-refractivity contribution is 7.08. The third-order valence-corrected chi connectivity index (χ3v) is 6.60. The van der Waals surface area contributed by atoms with Crippen molar-refractivity contribution in [2.75, 3.05) is 33.2 Å². The van der Waals surface area contributed by atoms with E-state index in [2.05, 4.69) is 21.9 Å². The quantitative estimate of drug-likeness (QED) is 0.361. The Morgan fingerprint density at radius 2 is 1.89 bits per heavy atom. The van der Waals surface area contributed by atoms with Crippen molar-refractivity contribution in [2.45, 2.75) is 20.3 Å². The van der Waals surface area contributed by atoms with Crippen LogP contribution in [0.3, 0.4) is 0 Å². The lowest BCUT2D eigenvalue weighted by molar-refractivity contribution is -0.132. The maximum absolute atomic E-state index is 12.9. The molecule has 4 rings (SSSR count). The maximum Gasteiger partial charge on any atom is 0.227 e. The molecule has 0 unspecified atom stereocenters. The van der Waals surface area contributed by atoms with E-state index in [4.69, 9.17) is 5.41 Å². The number of aldehydes is 1. The Labute approximate surface area is 215 Å². The minimum Gasteiger partial charge on any atom is -0.340 e. The SMILES string of the molecule is CC(C)/C(=C/C(=N)c1ccc(F)cc1)c1ncc(C=O)[nH]1.CN1CCN(C(=O)Cc2ccsc2)CC1. The van der Waals surface area contributed by atoms with E-state index in [1.54, 1.807) is 29.5 Å². The van der Waals surface area contributed by atoms with Crippen molar-refractivity contribution >= 4 is 34.8 Å². The number of hydrogen-bond donors (Lipinski definition) is 2. The van der Waals surface area contributed by atoms with Gasteiger partial charge in [-0.05, 0) is 76.8 Å². The van der Waals surface area contributed by atoms with E-state index >= 15 is 0 Å². The van der Waals surface area contributed by atoms with Crippen LogP contribution in [0.2, 0.25) is 0 Å². The molecule has 1 saturated heterocycles. The molecular formula is C27H32FN5O2S. The van der Waals surface area contributed by atoms with Crippen LogP contribution in [0.1, 0.15) is 41.3 Å². The van der Waals surface area contributed by atoms with Crippen molar-refractivity contribution < 1.29 is 14.0 Å². The number of carbonyl (C=O) groups is 2. The molecule has 1 aliphatic rings. The van der Waals surface area contributed by atoms with Crippen LogP contribution >= 0.6 is 11.3 Å². The summed E-state index contributed by atoms with van der Waals surface area (Å²) in [5.74, 6) is 0.623. The highest BCUT2D eigenvalue weighted by Gasteiger charge is 2.19. The number of rotatable bonds is 7. The summed E-state index contributed by atoms with van der Waals surface area (Å²) in [7, 11) is 2.10. The lowest BCUT2D eigenvalue weighted by Crippen LogP contribution is -2.47. The van der Waals surface area contributed by atoms with E-state index in [0.717, 1.165) is 37.3 Å². The molecule has 3 heterocycles. The first-order valence-corrected chi connectivity index (χ1v) is 12.7. The number of piperazine rings is 1. The number of likely N-dealkylation sites (N-methyl/N-ethyl adjacent to an activating group) is 1. The number of aromatic nitrogens is 2. The molecule has 1 aromatic carbocycles. The fourth-order valence-corrected chi connectivity index (χ4v) is 4.32. The third-order valence-electron chi connectivity index (χ3n) is 5.86. The molecule has 0 aliphatic carbocycles. The first-order valence-electron chi connectivity index (χ1n) is 11.8. The number of allylic oxidation sites excluding steroid dienone is 2. The molecule has 3 aromatic rings. The van der Waals surface area contributed by atoms with Gasteiger partial charge in [0.1, 0.15) is 11.6 Å². The van der Waals surface area contributed by atoms with Gasteiger partial charge < -0.3 is 20.2 Å². The summed E-state index contributed by atoms with van der Waals surface area (Å²) in [6.45, 7) is 7.70. The van der Waals surface area contributed by atoms with E-state index in [0.29, 0.717) is 29.8 Å². The Hall–Kier alpha value is -3.43. The second-order valence-electron chi connectivity index (χ2n) is 8.97. The number of benzene rings is 1. The highest BCUT2D eigenvalue weighted by atomic mass is 32.1. The summed E-state index contributed by atoms with van der Waals surface area (Å²) >= 11 is 1.65. The molecule has 2 aromatic heterocycles. The fourth-order valence-electron chi connectivity index (χ4n) is 3.65. The number of aromatic amines is 1. The van der Waals surface area contributed by atoms with Gasteiger partial charge in [-0.25, -0.2) is 9.37 Å².